The standard InChI is InChI=1S/C17H25NO3/c1-5-8-18-10-14-11-6-7-13(19)16(20)12(11)9-15(21-14)17(2,3)4/h5-7,14-15,18-20H,1,8-10H2,2-4H3/t14-,15-/m0/s1. The Morgan fingerprint density at radius 1 is 1.38 bits per heavy atom. The van der Waals surface area contributed by atoms with Crippen LogP contribution in [0.25, 0.3) is 0 Å². The number of hydrogen-bond donors (Lipinski definition) is 3. The summed E-state index contributed by atoms with van der Waals surface area (Å²) >= 11 is 0. The molecular formula is C17H25NO3. The van der Waals surface area contributed by atoms with Gasteiger partial charge >= 0.3 is 0 Å². The molecular weight excluding hydrogens is 266 g/mol. The third kappa shape index (κ3) is 3.39. The molecule has 0 aromatic heterocycles. The molecule has 1 aliphatic heterocycles. The summed E-state index contributed by atoms with van der Waals surface area (Å²) in [5.41, 5.74) is 1.71. The predicted molar refractivity (Wildman–Crippen MR) is 83.6 cm³/mol. The Hall–Kier alpha value is -1.52. The minimum atomic E-state index is -0.135. The van der Waals surface area contributed by atoms with Crippen LogP contribution >= 0.6 is 0 Å². The van der Waals surface area contributed by atoms with E-state index in [-0.39, 0.29) is 29.1 Å². The van der Waals surface area contributed by atoms with Gasteiger partial charge in [0.25, 0.3) is 0 Å². The van der Waals surface area contributed by atoms with Gasteiger partial charge in [0, 0.05) is 25.1 Å². The van der Waals surface area contributed by atoms with Gasteiger partial charge in [-0.15, -0.1) is 6.58 Å². The zero-order valence-electron chi connectivity index (χ0n) is 13.0. The van der Waals surface area contributed by atoms with Crippen molar-refractivity contribution in [3.05, 3.63) is 35.9 Å². The second-order valence-corrected chi connectivity index (χ2v) is 6.63. The minimum absolute atomic E-state index is 0.00627. The Labute approximate surface area is 126 Å². The third-order valence-electron chi connectivity index (χ3n) is 3.95. The van der Waals surface area contributed by atoms with Crippen LogP contribution in [-0.4, -0.2) is 29.4 Å². The van der Waals surface area contributed by atoms with Crippen molar-refractivity contribution in [3.8, 4) is 11.5 Å². The second kappa shape index (κ2) is 6.08. The van der Waals surface area contributed by atoms with E-state index in [1.165, 1.54) is 6.07 Å². The van der Waals surface area contributed by atoms with Gasteiger partial charge in [-0.3, -0.25) is 0 Å². The molecule has 4 nitrogen and oxygen atoms in total. The zero-order chi connectivity index (χ0) is 15.6. The quantitative estimate of drug-likeness (QED) is 0.453. The van der Waals surface area contributed by atoms with Crippen LogP contribution < -0.4 is 5.32 Å². The molecule has 0 radical (unpaired) electrons. The summed E-state index contributed by atoms with van der Waals surface area (Å²) in [7, 11) is 0. The molecule has 0 bridgehead atoms. The summed E-state index contributed by atoms with van der Waals surface area (Å²) in [5.74, 6) is -0.0834. The number of phenolic OH excluding ortho intramolecular Hbond substituents is 2. The summed E-state index contributed by atoms with van der Waals surface area (Å²) in [6.45, 7) is 11.4. The molecule has 0 unspecified atom stereocenters. The maximum atomic E-state index is 10.2. The van der Waals surface area contributed by atoms with Crippen LogP contribution in [0.3, 0.4) is 0 Å². The van der Waals surface area contributed by atoms with Gasteiger partial charge in [0.2, 0.25) is 0 Å². The van der Waals surface area contributed by atoms with Crippen LogP contribution in [0.1, 0.15) is 38.0 Å². The minimum Gasteiger partial charge on any atom is -0.504 e. The number of rotatable bonds is 4. The molecule has 1 aliphatic rings. The van der Waals surface area contributed by atoms with Crippen molar-refractivity contribution in [3.63, 3.8) is 0 Å². The Kier molecular flexibility index (Phi) is 4.59. The number of ether oxygens (including phenoxy) is 1. The average Bonchev–Trinajstić information content (AvgIpc) is 2.42. The van der Waals surface area contributed by atoms with E-state index in [9.17, 15) is 10.2 Å². The maximum absolute atomic E-state index is 10.2. The van der Waals surface area contributed by atoms with E-state index in [0.717, 1.165) is 11.1 Å². The van der Waals surface area contributed by atoms with Gasteiger partial charge in [0.1, 0.15) is 0 Å². The zero-order valence-corrected chi connectivity index (χ0v) is 13.0. The highest BCUT2D eigenvalue weighted by molar-refractivity contribution is 5.51. The molecule has 1 aromatic rings. The van der Waals surface area contributed by atoms with E-state index in [2.05, 4.69) is 32.7 Å². The summed E-state index contributed by atoms with van der Waals surface area (Å²) < 4.78 is 6.23. The van der Waals surface area contributed by atoms with Crippen molar-refractivity contribution in [2.45, 2.75) is 39.4 Å². The smallest absolute Gasteiger partial charge is 0.161 e. The van der Waals surface area contributed by atoms with E-state index >= 15 is 0 Å². The Morgan fingerprint density at radius 2 is 2.10 bits per heavy atom. The molecule has 116 valence electrons. The molecule has 0 saturated heterocycles. The fourth-order valence-corrected chi connectivity index (χ4v) is 2.65. The van der Waals surface area contributed by atoms with E-state index in [0.29, 0.717) is 19.5 Å². The number of phenols is 2. The predicted octanol–water partition coefficient (Wildman–Crippen LogP) is 2.90. The van der Waals surface area contributed by atoms with Gasteiger partial charge in [0.15, 0.2) is 11.5 Å². The monoisotopic (exact) mass is 291 g/mol. The first kappa shape index (κ1) is 15.9. The number of hydrogen-bond acceptors (Lipinski definition) is 4. The number of aromatic hydroxyl groups is 2. The molecule has 1 aromatic carbocycles. The lowest BCUT2D eigenvalue weighted by atomic mass is 9.81. The lowest BCUT2D eigenvalue weighted by Gasteiger charge is -2.39. The third-order valence-corrected chi connectivity index (χ3v) is 3.95. The van der Waals surface area contributed by atoms with Crippen LogP contribution in [0.4, 0.5) is 0 Å². The number of fused-ring (bicyclic) bond motifs is 1. The molecule has 1 heterocycles. The van der Waals surface area contributed by atoms with Crippen molar-refractivity contribution in [1.82, 2.24) is 5.32 Å². The van der Waals surface area contributed by atoms with Crippen LogP contribution in [-0.2, 0) is 11.2 Å². The van der Waals surface area contributed by atoms with Crippen molar-refractivity contribution in [1.29, 1.82) is 0 Å². The lowest BCUT2D eigenvalue weighted by molar-refractivity contribution is -0.0773. The van der Waals surface area contributed by atoms with Gasteiger partial charge in [-0.05, 0) is 17.0 Å². The van der Waals surface area contributed by atoms with Gasteiger partial charge < -0.3 is 20.3 Å². The summed E-state index contributed by atoms with van der Waals surface area (Å²) in [6.07, 6.45) is 2.27. The molecule has 3 N–H and O–H groups in total. The molecule has 4 heteroatoms. The first-order chi connectivity index (χ1) is 9.84. The summed E-state index contributed by atoms with van der Waals surface area (Å²) in [4.78, 5) is 0. The van der Waals surface area contributed by atoms with Crippen LogP contribution in [0.5, 0.6) is 11.5 Å². The van der Waals surface area contributed by atoms with Crippen molar-refractivity contribution in [2.75, 3.05) is 13.1 Å². The topological polar surface area (TPSA) is 61.7 Å². The van der Waals surface area contributed by atoms with Crippen LogP contribution in [0, 0.1) is 5.41 Å². The summed E-state index contributed by atoms with van der Waals surface area (Å²) in [5, 5.41) is 23.2. The van der Waals surface area contributed by atoms with Crippen molar-refractivity contribution >= 4 is 0 Å². The fourth-order valence-electron chi connectivity index (χ4n) is 2.65. The van der Waals surface area contributed by atoms with Crippen LogP contribution in [0.2, 0.25) is 0 Å². The first-order valence-electron chi connectivity index (χ1n) is 7.35. The normalized spacial score (nSPS) is 21.9. The van der Waals surface area contributed by atoms with Crippen molar-refractivity contribution in [2.24, 2.45) is 5.41 Å². The van der Waals surface area contributed by atoms with E-state index in [1.54, 1.807) is 6.08 Å². The molecule has 0 spiro atoms. The molecule has 2 rings (SSSR count). The van der Waals surface area contributed by atoms with Gasteiger partial charge in [-0.1, -0.05) is 32.9 Å². The maximum Gasteiger partial charge on any atom is 0.161 e. The lowest BCUT2D eigenvalue weighted by Crippen LogP contribution is -2.39. The molecule has 0 aliphatic carbocycles. The molecule has 2 atom stereocenters. The Morgan fingerprint density at radius 3 is 2.71 bits per heavy atom. The summed E-state index contributed by atoms with van der Waals surface area (Å²) in [6, 6.07) is 3.36. The average molecular weight is 291 g/mol. The SMILES string of the molecule is C=CCNC[C@@H]1O[C@H](C(C)(C)C)Cc2c1ccc(O)c2O. The molecule has 0 fully saturated rings. The highest BCUT2D eigenvalue weighted by Crippen LogP contribution is 2.43. The fraction of sp³-hybridized carbons (Fsp3) is 0.529. The van der Waals surface area contributed by atoms with E-state index in [4.69, 9.17) is 4.74 Å². The van der Waals surface area contributed by atoms with E-state index in [1.807, 2.05) is 6.07 Å². The Balaban J connectivity index is 2.33. The van der Waals surface area contributed by atoms with Gasteiger partial charge in [0.05, 0.1) is 12.2 Å². The first-order valence-corrected chi connectivity index (χ1v) is 7.35. The van der Waals surface area contributed by atoms with Crippen LogP contribution in [0.15, 0.2) is 24.8 Å². The largest absolute Gasteiger partial charge is 0.504 e. The molecule has 21 heavy (non-hydrogen) atoms. The van der Waals surface area contributed by atoms with Crippen molar-refractivity contribution < 1.29 is 14.9 Å². The van der Waals surface area contributed by atoms with Gasteiger partial charge in [-0.2, -0.15) is 0 Å². The number of benzene rings is 1. The Bertz CT molecular complexity index is 520. The molecule has 0 amide bonds. The van der Waals surface area contributed by atoms with E-state index < -0.39 is 0 Å². The van der Waals surface area contributed by atoms with Gasteiger partial charge in [-0.25, -0.2) is 0 Å². The highest BCUT2D eigenvalue weighted by atomic mass is 16.5. The number of nitrogens with one attached hydrogen (secondary N) is 1. The second-order valence-electron chi connectivity index (χ2n) is 6.63. The molecule has 0 saturated carbocycles. The highest BCUT2D eigenvalue weighted by Gasteiger charge is 2.36.